The maximum Gasteiger partial charge on any atom is 0.333 e. The molecular weight excluding hydrogens is 378 g/mol. The first-order valence-corrected chi connectivity index (χ1v) is 9.16. The normalized spacial score (nSPS) is 13.8. The number of aromatic nitrogens is 2. The molecule has 1 aliphatic heterocycles. The molecule has 0 aliphatic carbocycles. The molecule has 0 unspecified atom stereocenters. The van der Waals surface area contributed by atoms with Gasteiger partial charge in [0.05, 0.1) is 16.8 Å². The first-order chi connectivity index (χ1) is 13.7. The molecule has 3 rings (SSSR count). The number of azo groups is 1. The molecule has 0 saturated heterocycles. The van der Waals surface area contributed by atoms with Gasteiger partial charge in [-0.05, 0) is 25.0 Å². The number of hydrogen-bond acceptors (Lipinski definition) is 7. The third-order valence-corrected chi connectivity index (χ3v) is 5.10. The second kappa shape index (κ2) is 7.46. The summed E-state index contributed by atoms with van der Waals surface area (Å²) in [7, 11) is 2.53. The van der Waals surface area contributed by atoms with Crippen LogP contribution in [0.5, 0.6) is 5.88 Å². The Morgan fingerprint density at radius 3 is 2.24 bits per heavy atom. The summed E-state index contributed by atoms with van der Waals surface area (Å²) in [4.78, 5) is 51.0. The van der Waals surface area contributed by atoms with Crippen molar-refractivity contribution < 1.29 is 14.7 Å². The van der Waals surface area contributed by atoms with Crippen molar-refractivity contribution in [1.29, 1.82) is 0 Å². The van der Waals surface area contributed by atoms with E-state index in [1.165, 1.54) is 25.1 Å². The van der Waals surface area contributed by atoms with E-state index >= 15 is 0 Å². The minimum atomic E-state index is -0.831. The van der Waals surface area contributed by atoms with E-state index in [2.05, 4.69) is 10.2 Å². The van der Waals surface area contributed by atoms with Gasteiger partial charge in [0.2, 0.25) is 11.6 Å². The van der Waals surface area contributed by atoms with Gasteiger partial charge in [0.15, 0.2) is 0 Å². The number of amides is 2. The fourth-order valence-corrected chi connectivity index (χ4v) is 3.36. The molecule has 0 radical (unpaired) electrons. The van der Waals surface area contributed by atoms with Crippen LogP contribution in [0.15, 0.2) is 38.0 Å². The summed E-state index contributed by atoms with van der Waals surface area (Å²) >= 11 is 0. The van der Waals surface area contributed by atoms with Crippen LogP contribution < -0.4 is 11.2 Å². The van der Waals surface area contributed by atoms with Crippen molar-refractivity contribution in [3.63, 3.8) is 0 Å². The van der Waals surface area contributed by atoms with Gasteiger partial charge >= 0.3 is 5.69 Å². The third kappa shape index (κ3) is 3.06. The summed E-state index contributed by atoms with van der Waals surface area (Å²) in [5, 5.41) is 17.8. The van der Waals surface area contributed by atoms with Crippen LogP contribution in [0.3, 0.4) is 0 Å². The van der Waals surface area contributed by atoms with Gasteiger partial charge in [0.25, 0.3) is 17.4 Å². The van der Waals surface area contributed by atoms with Crippen molar-refractivity contribution in [3.8, 4) is 5.88 Å². The first kappa shape index (κ1) is 20.2. The SMILES string of the molecule is CCC(CC)N1C(=O)c2cccc(/N=N/c3c(O)n(C)c(=O)n(C)c3=O)c2C1=O. The highest BCUT2D eigenvalue weighted by Crippen LogP contribution is 2.34. The van der Waals surface area contributed by atoms with Gasteiger partial charge in [-0.15, -0.1) is 10.2 Å². The van der Waals surface area contributed by atoms with Crippen LogP contribution in [-0.4, -0.2) is 37.0 Å². The van der Waals surface area contributed by atoms with Gasteiger partial charge in [0, 0.05) is 20.1 Å². The molecule has 0 saturated carbocycles. The van der Waals surface area contributed by atoms with E-state index < -0.39 is 34.6 Å². The number of rotatable bonds is 5. The maximum atomic E-state index is 12.9. The van der Waals surface area contributed by atoms with Gasteiger partial charge in [-0.25, -0.2) is 4.79 Å². The van der Waals surface area contributed by atoms with Crippen molar-refractivity contribution in [2.24, 2.45) is 24.3 Å². The van der Waals surface area contributed by atoms with E-state index in [-0.39, 0.29) is 22.9 Å². The average Bonchev–Trinajstić information content (AvgIpc) is 2.97. The van der Waals surface area contributed by atoms with Gasteiger partial charge in [0.1, 0.15) is 0 Å². The van der Waals surface area contributed by atoms with Crippen molar-refractivity contribution in [1.82, 2.24) is 14.0 Å². The largest absolute Gasteiger partial charge is 0.493 e. The van der Waals surface area contributed by atoms with Crippen LogP contribution >= 0.6 is 0 Å². The Morgan fingerprint density at radius 1 is 0.966 bits per heavy atom. The number of imide groups is 1. The lowest BCUT2D eigenvalue weighted by molar-refractivity contribution is 0.0576. The molecule has 152 valence electrons. The molecule has 2 aromatic rings. The van der Waals surface area contributed by atoms with Gasteiger partial charge in [-0.2, -0.15) is 0 Å². The van der Waals surface area contributed by atoms with Crippen LogP contribution in [0, 0.1) is 0 Å². The predicted molar refractivity (Wildman–Crippen MR) is 104 cm³/mol. The summed E-state index contributed by atoms with van der Waals surface area (Å²) in [5.41, 5.74) is -1.56. The van der Waals surface area contributed by atoms with Crippen LogP contribution in [-0.2, 0) is 14.1 Å². The third-order valence-electron chi connectivity index (χ3n) is 5.10. The summed E-state index contributed by atoms with van der Waals surface area (Å²) in [5.74, 6) is -1.50. The molecule has 1 aliphatic rings. The monoisotopic (exact) mass is 399 g/mol. The minimum Gasteiger partial charge on any atom is -0.493 e. The Bertz CT molecular complexity index is 1160. The lowest BCUT2D eigenvalue weighted by Gasteiger charge is -2.23. The highest BCUT2D eigenvalue weighted by molar-refractivity contribution is 6.23. The van der Waals surface area contributed by atoms with Gasteiger partial charge in [-0.3, -0.25) is 28.4 Å². The second-order valence-corrected chi connectivity index (χ2v) is 6.73. The number of fused-ring (bicyclic) bond motifs is 1. The molecule has 29 heavy (non-hydrogen) atoms. The standard InChI is InChI=1S/C19H21N5O5/c1-5-10(6-2)24-15(25)11-8-7-9-12(13(11)16(24)26)20-21-14-17(27)22(3)19(29)23(4)18(14)28/h7-10,27H,5-6H2,1-4H3/b21-20+. The average molecular weight is 399 g/mol. The number of benzene rings is 1. The zero-order valence-corrected chi connectivity index (χ0v) is 16.5. The van der Waals surface area contributed by atoms with E-state index in [9.17, 15) is 24.3 Å². The zero-order valence-electron chi connectivity index (χ0n) is 16.5. The molecule has 1 N–H and O–H groups in total. The van der Waals surface area contributed by atoms with E-state index in [0.717, 1.165) is 9.13 Å². The summed E-state index contributed by atoms with van der Waals surface area (Å²) in [6.07, 6.45) is 1.25. The molecule has 1 aromatic carbocycles. The van der Waals surface area contributed by atoms with E-state index in [1.807, 2.05) is 13.8 Å². The highest BCUT2D eigenvalue weighted by atomic mass is 16.3. The topological polar surface area (TPSA) is 126 Å². The Kier molecular flexibility index (Phi) is 5.19. The molecule has 2 amide bonds. The minimum absolute atomic E-state index is 0.101. The molecule has 1 aromatic heterocycles. The van der Waals surface area contributed by atoms with Gasteiger partial charge < -0.3 is 5.11 Å². The lowest BCUT2D eigenvalue weighted by atomic mass is 10.1. The predicted octanol–water partition coefficient (Wildman–Crippen LogP) is 1.99. The van der Waals surface area contributed by atoms with Crippen molar-refractivity contribution >= 4 is 23.2 Å². The van der Waals surface area contributed by atoms with E-state index in [1.54, 1.807) is 12.1 Å². The number of aromatic hydroxyl groups is 1. The first-order valence-electron chi connectivity index (χ1n) is 9.16. The molecular formula is C19H21N5O5. The fraction of sp³-hybridized carbons (Fsp3) is 0.368. The van der Waals surface area contributed by atoms with Crippen molar-refractivity contribution in [2.75, 3.05) is 0 Å². The summed E-state index contributed by atoms with van der Waals surface area (Å²) in [6, 6.07) is 4.37. The molecule has 0 fully saturated rings. The number of hydrogen-bond donors (Lipinski definition) is 1. The quantitative estimate of drug-likeness (QED) is 0.608. The molecule has 0 spiro atoms. The second-order valence-electron chi connectivity index (χ2n) is 6.73. The molecule has 0 atom stereocenters. The zero-order chi connectivity index (χ0) is 21.5. The molecule has 2 heterocycles. The van der Waals surface area contributed by atoms with Crippen LogP contribution in [0.1, 0.15) is 47.4 Å². The molecule has 10 nitrogen and oxygen atoms in total. The van der Waals surface area contributed by atoms with E-state index in [0.29, 0.717) is 12.8 Å². The molecule has 0 bridgehead atoms. The highest BCUT2D eigenvalue weighted by Gasteiger charge is 2.40. The smallest absolute Gasteiger partial charge is 0.333 e. The Labute approximate surface area is 165 Å². The Balaban J connectivity index is 2.11. The van der Waals surface area contributed by atoms with Crippen LogP contribution in [0.2, 0.25) is 0 Å². The maximum absolute atomic E-state index is 12.9. The molecule has 10 heteroatoms. The number of carbonyl (C=O) groups excluding carboxylic acids is 2. The lowest BCUT2D eigenvalue weighted by Crippen LogP contribution is -2.39. The van der Waals surface area contributed by atoms with Crippen LogP contribution in [0.25, 0.3) is 0 Å². The Morgan fingerprint density at radius 2 is 1.62 bits per heavy atom. The van der Waals surface area contributed by atoms with E-state index in [4.69, 9.17) is 0 Å². The van der Waals surface area contributed by atoms with Gasteiger partial charge in [-0.1, -0.05) is 19.9 Å². The number of nitrogens with zero attached hydrogens (tertiary/aromatic N) is 5. The number of carbonyl (C=O) groups is 2. The fourth-order valence-electron chi connectivity index (χ4n) is 3.36. The van der Waals surface area contributed by atoms with Crippen molar-refractivity contribution in [3.05, 3.63) is 50.2 Å². The van der Waals surface area contributed by atoms with Crippen LogP contribution in [0.4, 0.5) is 11.4 Å². The van der Waals surface area contributed by atoms with Crippen molar-refractivity contribution in [2.45, 2.75) is 32.7 Å². The summed E-state index contributed by atoms with van der Waals surface area (Å²) < 4.78 is 1.64. The summed E-state index contributed by atoms with van der Waals surface area (Å²) in [6.45, 7) is 3.80. The Hall–Kier alpha value is -3.56.